The van der Waals surface area contributed by atoms with Crippen molar-refractivity contribution in [1.29, 1.82) is 0 Å². The minimum absolute atomic E-state index is 0.181. The van der Waals surface area contributed by atoms with Gasteiger partial charge in [-0.3, -0.25) is 0 Å². The zero-order chi connectivity index (χ0) is 14.9. The molecule has 0 spiro atoms. The first-order chi connectivity index (χ1) is 9.29. The minimum atomic E-state index is -4.36. The summed E-state index contributed by atoms with van der Waals surface area (Å²) < 4.78 is 37.4. The van der Waals surface area contributed by atoms with Gasteiger partial charge in [0, 0.05) is 0 Å². The number of rotatable bonds is 2. The Balaban J connectivity index is 2.37. The van der Waals surface area contributed by atoms with Gasteiger partial charge in [-0.05, 0) is 41.8 Å². The van der Waals surface area contributed by atoms with E-state index < -0.39 is 17.7 Å². The molecule has 0 fully saturated rings. The fraction of sp³-hybridized carbons (Fsp3) is 0.133. The van der Waals surface area contributed by atoms with Crippen LogP contribution in [-0.4, -0.2) is 11.1 Å². The Bertz CT molecular complexity index is 643. The lowest BCUT2D eigenvalue weighted by atomic mass is 9.99. The molecule has 0 unspecified atom stereocenters. The van der Waals surface area contributed by atoms with Gasteiger partial charge in [0.2, 0.25) is 0 Å². The van der Waals surface area contributed by atoms with Gasteiger partial charge in [0.1, 0.15) is 0 Å². The Morgan fingerprint density at radius 1 is 1.00 bits per heavy atom. The topological polar surface area (TPSA) is 37.3 Å². The molecule has 2 nitrogen and oxygen atoms in total. The van der Waals surface area contributed by atoms with E-state index in [9.17, 15) is 18.0 Å². The third kappa shape index (κ3) is 2.82. The van der Waals surface area contributed by atoms with E-state index in [0.717, 1.165) is 12.1 Å². The van der Waals surface area contributed by atoms with Gasteiger partial charge in [-0.2, -0.15) is 13.2 Å². The van der Waals surface area contributed by atoms with Crippen molar-refractivity contribution in [3.05, 3.63) is 59.2 Å². The van der Waals surface area contributed by atoms with Crippen molar-refractivity contribution in [1.82, 2.24) is 0 Å². The maximum absolute atomic E-state index is 12.5. The number of benzene rings is 2. The van der Waals surface area contributed by atoms with Crippen molar-refractivity contribution in [2.75, 3.05) is 0 Å². The zero-order valence-corrected chi connectivity index (χ0v) is 10.5. The van der Waals surface area contributed by atoms with E-state index in [0.29, 0.717) is 16.7 Å². The number of carboxylic acid groups (broad SMARTS) is 1. The number of aromatic carboxylic acids is 1. The lowest BCUT2D eigenvalue weighted by Gasteiger charge is -2.09. The van der Waals surface area contributed by atoms with Crippen LogP contribution in [0.15, 0.2) is 42.5 Å². The summed E-state index contributed by atoms with van der Waals surface area (Å²) in [7, 11) is 0. The third-order valence-electron chi connectivity index (χ3n) is 3.00. The summed E-state index contributed by atoms with van der Waals surface area (Å²) in [6.45, 7) is 1.65. The number of hydrogen-bond donors (Lipinski definition) is 1. The number of hydrogen-bond acceptors (Lipinski definition) is 1. The largest absolute Gasteiger partial charge is 0.478 e. The minimum Gasteiger partial charge on any atom is -0.478 e. The molecule has 1 N–H and O–H groups in total. The van der Waals surface area contributed by atoms with Crippen LogP contribution in [0.1, 0.15) is 21.5 Å². The highest BCUT2D eigenvalue weighted by Crippen LogP contribution is 2.31. The van der Waals surface area contributed by atoms with Crippen molar-refractivity contribution in [2.45, 2.75) is 13.1 Å². The van der Waals surface area contributed by atoms with Crippen LogP contribution in [0.4, 0.5) is 13.2 Å². The number of aryl methyl sites for hydroxylation is 1. The van der Waals surface area contributed by atoms with Crippen molar-refractivity contribution in [2.24, 2.45) is 0 Å². The zero-order valence-electron chi connectivity index (χ0n) is 10.5. The van der Waals surface area contributed by atoms with Crippen LogP contribution in [-0.2, 0) is 6.18 Å². The first-order valence-corrected chi connectivity index (χ1v) is 5.80. The molecule has 0 amide bonds. The first kappa shape index (κ1) is 14.1. The van der Waals surface area contributed by atoms with Crippen LogP contribution in [0.3, 0.4) is 0 Å². The molecule has 0 aliphatic rings. The predicted octanol–water partition coefficient (Wildman–Crippen LogP) is 4.38. The van der Waals surface area contributed by atoms with E-state index in [1.54, 1.807) is 19.1 Å². The van der Waals surface area contributed by atoms with Gasteiger partial charge in [0.25, 0.3) is 0 Å². The smallest absolute Gasteiger partial charge is 0.416 e. The predicted molar refractivity (Wildman–Crippen MR) is 68.6 cm³/mol. The molecule has 0 atom stereocenters. The summed E-state index contributed by atoms with van der Waals surface area (Å²) >= 11 is 0. The molecule has 104 valence electrons. The average molecular weight is 280 g/mol. The van der Waals surface area contributed by atoms with E-state index in [4.69, 9.17) is 5.11 Å². The normalized spacial score (nSPS) is 11.4. The molecular formula is C15H11F3O2. The highest BCUT2D eigenvalue weighted by atomic mass is 19.4. The first-order valence-electron chi connectivity index (χ1n) is 5.80. The van der Waals surface area contributed by atoms with Crippen LogP contribution in [0.5, 0.6) is 0 Å². The van der Waals surface area contributed by atoms with Gasteiger partial charge in [-0.15, -0.1) is 0 Å². The molecule has 0 bridgehead atoms. The quantitative estimate of drug-likeness (QED) is 0.886. The van der Waals surface area contributed by atoms with E-state index in [1.807, 2.05) is 0 Å². The molecule has 0 aliphatic heterocycles. The van der Waals surface area contributed by atoms with Crippen LogP contribution >= 0.6 is 0 Å². The van der Waals surface area contributed by atoms with Crippen molar-refractivity contribution in [3.8, 4) is 11.1 Å². The number of halogens is 3. The Labute approximate surface area is 113 Å². The molecule has 0 saturated heterocycles. The molecule has 0 saturated carbocycles. The highest BCUT2D eigenvalue weighted by Gasteiger charge is 2.29. The summed E-state index contributed by atoms with van der Waals surface area (Å²) in [4.78, 5) is 10.9. The Morgan fingerprint density at radius 2 is 1.55 bits per heavy atom. The van der Waals surface area contributed by atoms with Crippen LogP contribution in [0.25, 0.3) is 11.1 Å². The van der Waals surface area contributed by atoms with Gasteiger partial charge >= 0.3 is 12.1 Å². The molecule has 0 aliphatic carbocycles. The van der Waals surface area contributed by atoms with E-state index in [1.165, 1.54) is 18.2 Å². The van der Waals surface area contributed by atoms with Crippen molar-refractivity contribution < 1.29 is 23.1 Å². The van der Waals surface area contributed by atoms with Crippen molar-refractivity contribution >= 4 is 5.97 Å². The van der Waals surface area contributed by atoms with E-state index in [2.05, 4.69) is 0 Å². The summed E-state index contributed by atoms with van der Waals surface area (Å²) in [5.41, 5.74) is 1.33. The van der Waals surface area contributed by atoms with Crippen LogP contribution in [0, 0.1) is 6.92 Å². The Hall–Kier alpha value is -2.30. The maximum atomic E-state index is 12.5. The van der Waals surface area contributed by atoms with Crippen LogP contribution in [0.2, 0.25) is 0 Å². The molecule has 2 rings (SSSR count). The highest BCUT2D eigenvalue weighted by molar-refractivity contribution is 5.90. The molecule has 0 radical (unpaired) electrons. The summed E-state index contributed by atoms with van der Waals surface area (Å²) in [5.74, 6) is -1.03. The maximum Gasteiger partial charge on any atom is 0.416 e. The average Bonchev–Trinajstić information content (AvgIpc) is 2.37. The molecule has 20 heavy (non-hydrogen) atoms. The summed E-state index contributed by atoms with van der Waals surface area (Å²) in [6.07, 6.45) is -4.36. The van der Waals surface area contributed by atoms with Gasteiger partial charge in [0.05, 0.1) is 11.1 Å². The van der Waals surface area contributed by atoms with Gasteiger partial charge < -0.3 is 5.11 Å². The fourth-order valence-corrected chi connectivity index (χ4v) is 1.93. The number of carbonyl (C=O) groups is 1. The third-order valence-corrected chi connectivity index (χ3v) is 3.00. The van der Waals surface area contributed by atoms with Gasteiger partial charge in [-0.1, -0.05) is 24.3 Å². The molecule has 5 heteroatoms. The van der Waals surface area contributed by atoms with Gasteiger partial charge in [-0.25, -0.2) is 4.79 Å². The fourth-order valence-electron chi connectivity index (χ4n) is 1.93. The second kappa shape index (κ2) is 5.00. The van der Waals surface area contributed by atoms with E-state index in [-0.39, 0.29) is 5.56 Å². The number of alkyl halides is 3. The molecule has 0 heterocycles. The van der Waals surface area contributed by atoms with Crippen LogP contribution < -0.4 is 0 Å². The molecule has 0 aromatic heterocycles. The Morgan fingerprint density at radius 3 is 2.00 bits per heavy atom. The molecular weight excluding hydrogens is 269 g/mol. The lowest BCUT2D eigenvalue weighted by molar-refractivity contribution is -0.137. The molecule has 2 aromatic carbocycles. The lowest BCUT2D eigenvalue weighted by Crippen LogP contribution is -2.04. The van der Waals surface area contributed by atoms with Crippen molar-refractivity contribution in [3.63, 3.8) is 0 Å². The second-order valence-corrected chi connectivity index (χ2v) is 4.41. The van der Waals surface area contributed by atoms with E-state index >= 15 is 0 Å². The standard InChI is InChI=1S/C15H11F3O2/c1-9-8-11(4-7-13(9)14(19)20)10-2-5-12(6-3-10)15(16,17)18/h2-8H,1H3,(H,19,20). The van der Waals surface area contributed by atoms with Gasteiger partial charge in [0.15, 0.2) is 0 Å². The summed E-state index contributed by atoms with van der Waals surface area (Å²) in [6, 6.07) is 9.44. The monoisotopic (exact) mass is 280 g/mol. The summed E-state index contributed by atoms with van der Waals surface area (Å²) in [5, 5.41) is 8.93. The molecule has 2 aromatic rings. The number of carboxylic acids is 1. The Kier molecular flexibility index (Phi) is 3.53. The second-order valence-electron chi connectivity index (χ2n) is 4.41. The SMILES string of the molecule is Cc1cc(-c2ccc(C(F)(F)F)cc2)ccc1C(=O)O.